The van der Waals surface area contributed by atoms with Crippen molar-refractivity contribution < 1.29 is 23.9 Å². The molecular formula is C31H30ClN5O5. The van der Waals surface area contributed by atoms with Gasteiger partial charge in [0.25, 0.3) is 11.8 Å². The molecule has 1 aliphatic rings. The van der Waals surface area contributed by atoms with E-state index in [0.29, 0.717) is 60.1 Å². The van der Waals surface area contributed by atoms with Gasteiger partial charge in [-0.2, -0.15) is 0 Å². The molecule has 0 radical (unpaired) electrons. The first-order chi connectivity index (χ1) is 20.2. The molecular weight excluding hydrogens is 558 g/mol. The van der Waals surface area contributed by atoms with Gasteiger partial charge in [0.2, 0.25) is 0 Å². The summed E-state index contributed by atoms with van der Waals surface area (Å²) in [6.07, 6.45) is 8.22. The molecule has 0 spiro atoms. The lowest BCUT2D eigenvalue weighted by Gasteiger charge is -2.32. The number of benzene rings is 2. The van der Waals surface area contributed by atoms with Gasteiger partial charge in [0.15, 0.2) is 0 Å². The molecule has 10 nitrogen and oxygen atoms in total. The highest BCUT2D eigenvalue weighted by Crippen LogP contribution is 2.32. The van der Waals surface area contributed by atoms with Crippen LogP contribution >= 0.6 is 11.6 Å². The number of nitrogens with one attached hydrogen (secondary N) is 3. The second-order valence-electron chi connectivity index (χ2n) is 9.45. The molecule has 4 rings (SSSR count). The van der Waals surface area contributed by atoms with Crippen LogP contribution in [0.5, 0.6) is 5.75 Å². The maximum absolute atomic E-state index is 13.3. The van der Waals surface area contributed by atoms with Gasteiger partial charge in [-0.1, -0.05) is 29.7 Å². The Morgan fingerprint density at radius 1 is 1.07 bits per heavy atom. The molecule has 1 aliphatic heterocycles. The van der Waals surface area contributed by atoms with E-state index in [2.05, 4.69) is 21.5 Å². The van der Waals surface area contributed by atoms with E-state index in [-0.39, 0.29) is 34.7 Å². The molecule has 11 heteroatoms. The molecule has 42 heavy (non-hydrogen) atoms. The quantitative estimate of drug-likeness (QED) is 0.149. The normalized spacial score (nSPS) is 13.0. The lowest BCUT2D eigenvalue weighted by atomic mass is 9.96. The van der Waals surface area contributed by atoms with Crippen LogP contribution in [0.25, 0.3) is 0 Å². The highest BCUT2D eigenvalue weighted by Gasteiger charge is 2.27. The number of ether oxygens (including phenoxy) is 2. The number of esters is 1. The minimum atomic E-state index is -0.564. The van der Waals surface area contributed by atoms with Crippen LogP contribution in [0.4, 0.5) is 11.5 Å². The van der Waals surface area contributed by atoms with Crippen molar-refractivity contribution >= 4 is 46.7 Å². The molecule has 0 bridgehead atoms. The molecule has 2 aromatic carbocycles. The summed E-state index contributed by atoms with van der Waals surface area (Å²) < 4.78 is 10.6. The lowest BCUT2D eigenvalue weighted by Crippen LogP contribution is -2.40. The van der Waals surface area contributed by atoms with Crippen LogP contribution in [0.15, 0.2) is 54.7 Å². The number of methoxy groups -OCH3 is 1. The van der Waals surface area contributed by atoms with Crippen molar-refractivity contribution in [2.24, 2.45) is 5.92 Å². The minimum Gasteiger partial charge on any atom is -0.495 e. The Labute approximate surface area is 248 Å². The maximum Gasteiger partial charge on any atom is 0.309 e. The van der Waals surface area contributed by atoms with E-state index in [1.54, 1.807) is 49.4 Å². The predicted molar refractivity (Wildman–Crippen MR) is 160 cm³/mol. The first-order valence-corrected chi connectivity index (χ1v) is 13.6. The fraction of sp³-hybridized carbons (Fsp3) is 0.258. The summed E-state index contributed by atoms with van der Waals surface area (Å²) in [5.41, 5.74) is 1.54. The van der Waals surface area contributed by atoms with Crippen LogP contribution < -0.4 is 15.4 Å². The van der Waals surface area contributed by atoms with Crippen LogP contribution in [0.3, 0.4) is 0 Å². The topological polar surface area (TPSA) is 134 Å². The number of piperidine rings is 1. The number of aromatic nitrogens is 1. The molecule has 1 aromatic heterocycles. The number of rotatable bonds is 8. The Balaban J connectivity index is 1.49. The highest BCUT2D eigenvalue weighted by molar-refractivity contribution is 6.30. The van der Waals surface area contributed by atoms with Crippen LogP contribution in [0.1, 0.15) is 51.6 Å². The van der Waals surface area contributed by atoms with Crippen LogP contribution in [-0.4, -0.2) is 60.3 Å². The fourth-order valence-corrected chi connectivity index (χ4v) is 4.66. The molecule has 0 aliphatic carbocycles. The van der Waals surface area contributed by atoms with Gasteiger partial charge in [-0.05, 0) is 56.2 Å². The Morgan fingerprint density at radius 3 is 2.36 bits per heavy atom. The number of hydrogen-bond acceptors (Lipinski definition) is 7. The Bertz CT molecular complexity index is 1530. The smallest absolute Gasteiger partial charge is 0.309 e. The molecule has 2 amide bonds. The molecule has 1 saturated heterocycles. The van der Waals surface area contributed by atoms with E-state index in [0.717, 1.165) is 0 Å². The highest BCUT2D eigenvalue weighted by atomic mass is 35.5. The number of nitrogens with zero attached hydrogens (tertiary/aromatic N) is 2. The van der Waals surface area contributed by atoms with E-state index in [1.165, 1.54) is 19.4 Å². The summed E-state index contributed by atoms with van der Waals surface area (Å²) in [4.78, 5) is 44.5. The number of amides is 2. The average molecular weight is 588 g/mol. The number of pyridine rings is 1. The zero-order valence-electron chi connectivity index (χ0n) is 23.2. The maximum atomic E-state index is 13.3. The van der Waals surface area contributed by atoms with E-state index < -0.39 is 11.8 Å². The summed E-state index contributed by atoms with van der Waals surface area (Å²) in [7, 11) is 1.41. The van der Waals surface area contributed by atoms with E-state index in [9.17, 15) is 14.4 Å². The van der Waals surface area contributed by atoms with Crippen molar-refractivity contribution in [1.29, 1.82) is 5.41 Å². The van der Waals surface area contributed by atoms with Crippen molar-refractivity contribution in [3.63, 3.8) is 0 Å². The van der Waals surface area contributed by atoms with Crippen molar-refractivity contribution in [3.8, 4) is 18.1 Å². The Kier molecular flexibility index (Phi) is 9.78. The SMILES string of the molecule is C#Cc1cc(OC)c(NC(=O)c2ccc(C(=N)N3CCC(C(=O)OCC)CC3)cc2)c(C(=O)Nc2ccc(Cl)cn2)c1. The first kappa shape index (κ1) is 30.1. The number of anilines is 2. The zero-order chi connectivity index (χ0) is 30.2. The third kappa shape index (κ3) is 7.06. The van der Waals surface area contributed by atoms with Crippen molar-refractivity contribution in [1.82, 2.24) is 9.88 Å². The van der Waals surface area contributed by atoms with Gasteiger partial charge in [-0.25, -0.2) is 4.98 Å². The van der Waals surface area contributed by atoms with Crippen LogP contribution in [-0.2, 0) is 9.53 Å². The van der Waals surface area contributed by atoms with E-state index >= 15 is 0 Å². The molecule has 2 heterocycles. The number of terminal acetylenes is 1. The summed E-state index contributed by atoms with van der Waals surface area (Å²) in [5, 5.41) is 14.5. The lowest BCUT2D eigenvalue weighted by molar-refractivity contribution is -0.149. The monoisotopic (exact) mass is 587 g/mol. The molecule has 0 unspecified atom stereocenters. The molecule has 0 atom stereocenters. The van der Waals surface area contributed by atoms with Gasteiger partial charge >= 0.3 is 5.97 Å². The molecule has 1 fully saturated rings. The number of carbonyl (C=O) groups is 3. The third-order valence-electron chi connectivity index (χ3n) is 6.79. The number of carbonyl (C=O) groups excluding carboxylic acids is 3. The molecule has 0 saturated carbocycles. The van der Waals surface area contributed by atoms with Gasteiger partial charge in [-0.3, -0.25) is 19.8 Å². The largest absolute Gasteiger partial charge is 0.495 e. The summed E-state index contributed by atoms with van der Waals surface area (Å²) in [6.45, 7) is 3.27. The fourth-order valence-electron chi connectivity index (χ4n) is 4.55. The number of likely N-dealkylation sites (tertiary alicyclic amines) is 1. The molecule has 3 aromatic rings. The molecule has 216 valence electrons. The summed E-state index contributed by atoms with van der Waals surface area (Å²) >= 11 is 5.89. The predicted octanol–water partition coefficient (Wildman–Crippen LogP) is 4.83. The average Bonchev–Trinajstić information content (AvgIpc) is 3.02. The van der Waals surface area contributed by atoms with Crippen LogP contribution in [0.2, 0.25) is 5.02 Å². The standard InChI is InChI=1S/C31H30ClN5O5/c1-4-19-16-24(30(39)35-26-11-10-23(32)18-34-26)27(25(17-19)41-3)36-29(38)21-8-6-20(7-9-21)28(33)37-14-12-22(13-15-37)31(40)42-5-2/h1,6-11,16-18,22,33H,5,12-15H2,2-3H3,(H,36,38)(H,34,35,39). The van der Waals surface area contributed by atoms with Crippen molar-refractivity contribution in [2.45, 2.75) is 19.8 Å². The minimum absolute atomic E-state index is 0.0806. The second kappa shape index (κ2) is 13.7. The van der Waals surface area contributed by atoms with Crippen molar-refractivity contribution in [2.75, 3.05) is 37.4 Å². The third-order valence-corrected chi connectivity index (χ3v) is 7.02. The number of amidine groups is 1. The zero-order valence-corrected chi connectivity index (χ0v) is 24.0. The van der Waals surface area contributed by atoms with Crippen molar-refractivity contribution in [3.05, 3.63) is 82.0 Å². The van der Waals surface area contributed by atoms with Gasteiger partial charge in [0, 0.05) is 36.0 Å². The summed E-state index contributed by atoms with van der Waals surface area (Å²) in [6, 6.07) is 12.7. The van der Waals surface area contributed by atoms with Gasteiger partial charge in [0.1, 0.15) is 17.4 Å². The van der Waals surface area contributed by atoms with E-state index in [1.807, 2.05) is 4.90 Å². The van der Waals surface area contributed by atoms with Gasteiger partial charge < -0.3 is 25.0 Å². The summed E-state index contributed by atoms with van der Waals surface area (Å²) in [5.74, 6) is 1.87. The van der Waals surface area contributed by atoms with Gasteiger partial charge in [-0.15, -0.1) is 6.42 Å². The van der Waals surface area contributed by atoms with Crippen LogP contribution in [0, 0.1) is 23.7 Å². The Hall–Kier alpha value is -4.88. The van der Waals surface area contributed by atoms with E-state index in [4.69, 9.17) is 32.9 Å². The second-order valence-corrected chi connectivity index (χ2v) is 9.89. The Morgan fingerprint density at radius 2 is 1.76 bits per heavy atom. The number of halogens is 1. The number of hydrogen-bond donors (Lipinski definition) is 3. The van der Waals surface area contributed by atoms with Gasteiger partial charge in [0.05, 0.1) is 35.9 Å². The molecule has 3 N–H and O–H groups in total. The first-order valence-electron chi connectivity index (χ1n) is 13.3.